The molecule has 0 saturated heterocycles. The third-order valence-electron chi connectivity index (χ3n) is 1.46. The van der Waals surface area contributed by atoms with Gasteiger partial charge in [0.1, 0.15) is 0 Å². The van der Waals surface area contributed by atoms with Crippen LogP contribution in [0.25, 0.3) is 0 Å². The summed E-state index contributed by atoms with van der Waals surface area (Å²) in [7, 11) is 1.85. The normalized spacial score (nSPS) is 10.5. The first-order valence-corrected chi connectivity index (χ1v) is 3.96. The fourth-order valence-corrected chi connectivity index (χ4v) is 0.932. The van der Waals surface area contributed by atoms with Gasteiger partial charge in [0, 0.05) is 19.3 Å². The predicted octanol–water partition coefficient (Wildman–Crippen LogP) is 0.357. The number of aromatic nitrogens is 3. The molecule has 0 spiro atoms. The van der Waals surface area contributed by atoms with Crippen molar-refractivity contribution in [3.8, 4) is 0 Å². The van der Waals surface area contributed by atoms with E-state index in [1.165, 1.54) is 0 Å². The Hall–Kier alpha value is -0.970. The second-order valence-corrected chi connectivity index (χ2v) is 2.55. The number of hydrogen-bond donors (Lipinski definition) is 1. The molecular weight excluding hydrogens is 159 g/mol. The summed E-state index contributed by atoms with van der Waals surface area (Å²) in [6.07, 6.45) is 2.33. The fraction of sp³-hybridized carbons (Fsp3) is 0.714. The lowest BCUT2D eigenvalue weighted by molar-refractivity contribution is 0.431. The largest absolute Gasteiger partial charge is 0.314 e. The van der Waals surface area contributed by atoms with Gasteiger partial charge in [0.15, 0.2) is 0 Å². The van der Waals surface area contributed by atoms with Crippen molar-refractivity contribution in [2.75, 3.05) is 13.7 Å². The molecular formula is C7H13FN4. The van der Waals surface area contributed by atoms with Crippen LogP contribution in [-0.2, 0) is 13.1 Å². The minimum Gasteiger partial charge on any atom is -0.314 e. The molecule has 0 saturated carbocycles. The van der Waals surface area contributed by atoms with Crippen molar-refractivity contribution >= 4 is 0 Å². The lowest BCUT2D eigenvalue weighted by Gasteiger charge is -1.94. The van der Waals surface area contributed by atoms with Gasteiger partial charge in [-0.2, -0.15) is 0 Å². The van der Waals surface area contributed by atoms with Crippen LogP contribution in [0, 0.1) is 0 Å². The van der Waals surface area contributed by atoms with Crippen molar-refractivity contribution in [1.29, 1.82) is 0 Å². The molecule has 0 bridgehead atoms. The summed E-state index contributed by atoms with van der Waals surface area (Å²) in [6.45, 7) is 1.00. The Morgan fingerprint density at radius 2 is 2.50 bits per heavy atom. The Balaban J connectivity index is 2.41. The average molecular weight is 172 g/mol. The summed E-state index contributed by atoms with van der Waals surface area (Å²) in [5.74, 6) is 0. The van der Waals surface area contributed by atoms with E-state index in [9.17, 15) is 4.39 Å². The summed E-state index contributed by atoms with van der Waals surface area (Å²) >= 11 is 0. The Morgan fingerprint density at radius 3 is 3.17 bits per heavy atom. The molecule has 0 amide bonds. The van der Waals surface area contributed by atoms with E-state index in [1.807, 2.05) is 13.2 Å². The topological polar surface area (TPSA) is 42.7 Å². The molecule has 0 fully saturated rings. The van der Waals surface area contributed by atoms with Gasteiger partial charge in [-0.1, -0.05) is 5.21 Å². The van der Waals surface area contributed by atoms with E-state index in [0.717, 1.165) is 5.69 Å². The van der Waals surface area contributed by atoms with Crippen LogP contribution in [0.1, 0.15) is 12.1 Å². The van der Waals surface area contributed by atoms with Crippen LogP contribution in [0.2, 0.25) is 0 Å². The third kappa shape index (κ3) is 2.58. The molecule has 1 heterocycles. The lowest BCUT2D eigenvalue weighted by Crippen LogP contribution is -2.05. The minimum absolute atomic E-state index is 0.304. The predicted molar refractivity (Wildman–Crippen MR) is 43.4 cm³/mol. The van der Waals surface area contributed by atoms with Gasteiger partial charge in [0.25, 0.3) is 0 Å². The van der Waals surface area contributed by atoms with E-state index >= 15 is 0 Å². The zero-order valence-corrected chi connectivity index (χ0v) is 7.13. The summed E-state index contributed by atoms with van der Waals surface area (Å²) in [5, 5.41) is 10.7. The maximum Gasteiger partial charge on any atom is 0.0964 e. The number of rotatable bonds is 5. The monoisotopic (exact) mass is 172 g/mol. The summed E-state index contributed by atoms with van der Waals surface area (Å²) in [4.78, 5) is 0. The SMILES string of the molecule is CNCc1cn(CCCF)nn1. The van der Waals surface area contributed by atoms with E-state index in [0.29, 0.717) is 19.5 Å². The highest BCUT2D eigenvalue weighted by Crippen LogP contribution is 1.94. The van der Waals surface area contributed by atoms with Crippen molar-refractivity contribution in [2.45, 2.75) is 19.5 Å². The van der Waals surface area contributed by atoms with Crippen LogP contribution in [0.4, 0.5) is 4.39 Å². The molecule has 0 radical (unpaired) electrons. The second-order valence-electron chi connectivity index (χ2n) is 2.55. The molecule has 0 aliphatic rings. The molecule has 0 unspecified atom stereocenters. The van der Waals surface area contributed by atoms with Gasteiger partial charge in [-0.15, -0.1) is 5.10 Å². The third-order valence-corrected chi connectivity index (χ3v) is 1.46. The number of hydrogen-bond acceptors (Lipinski definition) is 3. The Labute approximate surface area is 70.8 Å². The van der Waals surface area contributed by atoms with E-state index < -0.39 is 0 Å². The van der Waals surface area contributed by atoms with E-state index in [-0.39, 0.29) is 6.67 Å². The quantitative estimate of drug-likeness (QED) is 0.697. The molecule has 0 atom stereocenters. The molecule has 0 aliphatic heterocycles. The smallest absolute Gasteiger partial charge is 0.0964 e. The molecule has 1 aromatic rings. The minimum atomic E-state index is -0.304. The highest BCUT2D eigenvalue weighted by atomic mass is 19.1. The first kappa shape index (κ1) is 9.12. The summed E-state index contributed by atoms with van der Waals surface area (Å²) < 4.78 is 13.4. The Bertz CT molecular complexity index is 223. The molecule has 4 nitrogen and oxygen atoms in total. The van der Waals surface area contributed by atoms with Crippen LogP contribution in [0.5, 0.6) is 0 Å². The van der Waals surface area contributed by atoms with Gasteiger partial charge in [0.2, 0.25) is 0 Å². The maximum absolute atomic E-state index is 11.8. The maximum atomic E-state index is 11.8. The molecule has 68 valence electrons. The number of halogens is 1. The van der Waals surface area contributed by atoms with Gasteiger partial charge in [-0.05, 0) is 13.5 Å². The van der Waals surface area contributed by atoms with E-state index in [1.54, 1.807) is 4.68 Å². The van der Waals surface area contributed by atoms with Gasteiger partial charge < -0.3 is 5.32 Å². The van der Waals surface area contributed by atoms with Gasteiger partial charge in [0.05, 0.1) is 12.4 Å². The molecule has 0 aliphatic carbocycles. The first-order valence-electron chi connectivity index (χ1n) is 3.96. The van der Waals surface area contributed by atoms with Crippen molar-refractivity contribution in [1.82, 2.24) is 20.3 Å². The second kappa shape index (κ2) is 4.82. The Kier molecular flexibility index (Phi) is 3.66. The molecule has 0 aromatic carbocycles. The zero-order valence-electron chi connectivity index (χ0n) is 7.13. The summed E-state index contributed by atoms with van der Waals surface area (Å²) in [5.41, 5.74) is 0.886. The number of nitrogens with zero attached hydrogens (tertiary/aromatic N) is 3. The van der Waals surface area contributed by atoms with E-state index in [2.05, 4.69) is 15.6 Å². The van der Waals surface area contributed by atoms with E-state index in [4.69, 9.17) is 0 Å². The molecule has 1 rings (SSSR count). The molecule has 12 heavy (non-hydrogen) atoms. The number of aryl methyl sites for hydroxylation is 1. The van der Waals surface area contributed by atoms with Crippen molar-refractivity contribution in [3.05, 3.63) is 11.9 Å². The van der Waals surface area contributed by atoms with Gasteiger partial charge >= 0.3 is 0 Å². The molecule has 1 N–H and O–H groups in total. The van der Waals surface area contributed by atoms with Gasteiger partial charge in [-0.25, -0.2) is 0 Å². The lowest BCUT2D eigenvalue weighted by atomic mass is 10.4. The zero-order chi connectivity index (χ0) is 8.81. The molecule has 5 heteroatoms. The standard InChI is InChI=1S/C7H13FN4/c1-9-5-7-6-12(11-10-7)4-2-3-8/h6,9H,2-5H2,1H3. The van der Waals surface area contributed by atoms with Crippen LogP contribution < -0.4 is 5.32 Å². The van der Waals surface area contributed by atoms with Crippen molar-refractivity contribution < 1.29 is 4.39 Å². The highest BCUT2D eigenvalue weighted by Gasteiger charge is 1.97. The summed E-state index contributed by atoms with van der Waals surface area (Å²) in [6, 6.07) is 0. The Morgan fingerprint density at radius 1 is 1.67 bits per heavy atom. The van der Waals surface area contributed by atoms with Gasteiger partial charge in [-0.3, -0.25) is 9.07 Å². The van der Waals surface area contributed by atoms with Crippen LogP contribution >= 0.6 is 0 Å². The number of nitrogens with one attached hydrogen (secondary N) is 1. The first-order chi connectivity index (χ1) is 5.86. The number of alkyl halides is 1. The highest BCUT2D eigenvalue weighted by molar-refractivity contribution is 4.90. The van der Waals surface area contributed by atoms with Crippen LogP contribution in [-0.4, -0.2) is 28.7 Å². The average Bonchev–Trinajstić information content (AvgIpc) is 2.50. The van der Waals surface area contributed by atoms with Crippen molar-refractivity contribution in [3.63, 3.8) is 0 Å². The van der Waals surface area contributed by atoms with Crippen molar-refractivity contribution in [2.24, 2.45) is 0 Å². The van der Waals surface area contributed by atoms with Crippen LogP contribution in [0.3, 0.4) is 0 Å². The molecule has 1 aromatic heterocycles. The van der Waals surface area contributed by atoms with Crippen LogP contribution in [0.15, 0.2) is 6.20 Å². The fourth-order valence-electron chi connectivity index (χ4n) is 0.932.